The van der Waals surface area contributed by atoms with Crippen LogP contribution in [0.4, 0.5) is 5.69 Å². The molecule has 1 aliphatic heterocycles. The van der Waals surface area contributed by atoms with Crippen LogP contribution in [0.15, 0.2) is 12.1 Å². The van der Waals surface area contributed by atoms with Gasteiger partial charge in [0.1, 0.15) is 5.56 Å². The highest BCUT2D eigenvalue weighted by Gasteiger charge is 2.48. The third-order valence-electron chi connectivity index (χ3n) is 6.86. The molecule has 0 aromatic heterocycles. The molecule has 1 amide bonds. The normalized spacial score (nSPS) is 19.3. The van der Waals surface area contributed by atoms with Crippen molar-refractivity contribution in [2.45, 2.75) is 83.2 Å². The number of carbonyl (C=O) groups excluding carboxylic acids is 1. The molecule has 0 saturated carbocycles. The summed E-state index contributed by atoms with van der Waals surface area (Å²) in [4.78, 5) is 26.1. The molecule has 1 aromatic rings. The summed E-state index contributed by atoms with van der Waals surface area (Å²) in [7, 11) is -0.990. The number of benzene rings is 1. The molecule has 9 nitrogen and oxygen atoms in total. The molecule has 0 radical (unpaired) electrons. The molecule has 186 valence electrons. The molecule has 1 fully saturated rings. The fourth-order valence-electron chi connectivity index (χ4n) is 5.28. The number of aliphatic hydroxyl groups excluding tert-OH is 2. The number of nitro benzene ring substituents is 1. The molecule has 1 heterocycles. The number of nitro groups is 1. The SMILES string of the molecule is COc1cc(C(=O)N2CC[C@@H](O)C[C@H]2CO)c([N+](=O)[O-])cc1O[Si](C(C)C)(C(C)C)C(C)C. The van der Waals surface area contributed by atoms with E-state index in [2.05, 4.69) is 41.5 Å². The summed E-state index contributed by atoms with van der Waals surface area (Å²) in [6.45, 7) is 12.6. The van der Waals surface area contributed by atoms with Crippen molar-refractivity contribution in [3.8, 4) is 11.5 Å². The summed E-state index contributed by atoms with van der Waals surface area (Å²) < 4.78 is 12.2. The van der Waals surface area contributed by atoms with Crippen LogP contribution in [-0.2, 0) is 0 Å². The number of piperidine rings is 1. The second-order valence-electron chi connectivity index (χ2n) is 9.71. The first-order valence-corrected chi connectivity index (χ1v) is 13.7. The smallest absolute Gasteiger partial charge is 0.286 e. The molecule has 0 bridgehead atoms. The van der Waals surface area contributed by atoms with Crippen LogP contribution in [0.1, 0.15) is 64.7 Å². The molecular formula is C23H38N2O7Si. The number of hydrogen-bond acceptors (Lipinski definition) is 7. The van der Waals surface area contributed by atoms with E-state index in [0.29, 0.717) is 6.42 Å². The Morgan fingerprint density at radius 2 is 1.76 bits per heavy atom. The van der Waals surface area contributed by atoms with Gasteiger partial charge in [-0.25, -0.2) is 0 Å². The maximum Gasteiger partial charge on any atom is 0.286 e. The van der Waals surface area contributed by atoms with Gasteiger partial charge in [0, 0.05) is 12.6 Å². The van der Waals surface area contributed by atoms with Crippen LogP contribution in [-0.4, -0.2) is 66.7 Å². The number of rotatable bonds is 9. The summed E-state index contributed by atoms with van der Waals surface area (Å²) in [6, 6.07) is 2.06. The Hall–Kier alpha value is -2.17. The monoisotopic (exact) mass is 482 g/mol. The number of carbonyl (C=O) groups is 1. The van der Waals surface area contributed by atoms with Crippen LogP contribution in [0.5, 0.6) is 11.5 Å². The van der Waals surface area contributed by atoms with Crippen molar-refractivity contribution in [2.75, 3.05) is 20.3 Å². The Bertz CT molecular complexity index is 838. The van der Waals surface area contributed by atoms with Crippen molar-refractivity contribution in [3.05, 3.63) is 27.8 Å². The lowest BCUT2D eigenvalue weighted by atomic mass is 9.98. The zero-order valence-electron chi connectivity index (χ0n) is 20.7. The van der Waals surface area contributed by atoms with Gasteiger partial charge >= 0.3 is 0 Å². The van der Waals surface area contributed by atoms with Gasteiger partial charge in [-0.2, -0.15) is 0 Å². The molecule has 0 aliphatic carbocycles. The van der Waals surface area contributed by atoms with Crippen molar-refractivity contribution in [1.29, 1.82) is 0 Å². The van der Waals surface area contributed by atoms with Gasteiger partial charge in [0.2, 0.25) is 0 Å². The van der Waals surface area contributed by atoms with Gasteiger partial charge in [-0.3, -0.25) is 14.9 Å². The number of amides is 1. The zero-order chi connectivity index (χ0) is 25.1. The van der Waals surface area contributed by atoms with Gasteiger partial charge in [-0.1, -0.05) is 41.5 Å². The van der Waals surface area contributed by atoms with E-state index in [1.165, 1.54) is 24.1 Å². The average Bonchev–Trinajstić information content (AvgIpc) is 2.75. The van der Waals surface area contributed by atoms with Gasteiger partial charge in [0.15, 0.2) is 11.5 Å². The molecule has 0 spiro atoms. The van der Waals surface area contributed by atoms with Crippen molar-refractivity contribution < 1.29 is 29.1 Å². The van der Waals surface area contributed by atoms with Gasteiger partial charge in [0.05, 0.1) is 36.9 Å². The van der Waals surface area contributed by atoms with Crippen molar-refractivity contribution in [2.24, 2.45) is 0 Å². The van der Waals surface area contributed by atoms with E-state index < -0.39 is 31.3 Å². The number of hydrogen-bond donors (Lipinski definition) is 2. The maximum absolute atomic E-state index is 13.3. The van der Waals surface area contributed by atoms with E-state index in [9.17, 15) is 25.1 Å². The molecule has 2 N–H and O–H groups in total. The number of aliphatic hydroxyl groups is 2. The predicted octanol–water partition coefficient (Wildman–Crippen LogP) is 4.12. The number of methoxy groups -OCH3 is 1. The van der Waals surface area contributed by atoms with Gasteiger partial charge in [-0.15, -0.1) is 0 Å². The molecule has 2 atom stereocenters. The molecule has 0 unspecified atom stereocenters. The average molecular weight is 483 g/mol. The molecular weight excluding hydrogens is 444 g/mol. The lowest BCUT2D eigenvalue weighted by Crippen LogP contribution is -2.50. The molecule has 33 heavy (non-hydrogen) atoms. The number of ether oxygens (including phenoxy) is 1. The van der Waals surface area contributed by atoms with E-state index in [4.69, 9.17) is 9.16 Å². The van der Waals surface area contributed by atoms with Crippen LogP contribution in [0.25, 0.3) is 0 Å². The minimum absolute atomic E-state index is 0.120. The summed E-state index contributed by atoms with van der Waals surface area (Å²) in [5.41, 5.74) is 0.246. The predicted molar refractivity (Wildman–Crippen MR) is 128 cm³/mol. The van der Waals surface area contributed by atoms with E-state index in [-0.39, 0.29) is 58.9 Å². The molecule has 1 aliphatic rings. The quantitative estimate of drug-likeness (QED) is 0.308. The summed E-state index contributed by atoms with van der Waals surface area (Å²) in [5, 5.41) is 31.6. The van der Waals surface area contributed by atoms with E-state index in [0.717, 1.165) is 0 Å². The lowest BCUT2D eigenvalue weighted by Gasteiger charge is -2.42. The van der Waals surface area contributed by atoms with Crippen molar-refractivity contribution >= 4 is 19.9 Å². The van der Waals surface area contributed by atoms with Crippen LogP contribution in [0.2, 0.25) is 16.6 Å². The van der Waals surface area contributed by atoms with Crippen LogP contribution in [0, 0.1) is 10.1 Å². The summed E-state index contributed by atoms with van der Waals surface area (Å²) >= 11 is 0. The fraction of sp³-hybridized carbons (Fsp3) is 0.696. The molecule has 1 aromatic carbocycles. The highest BCUT2D eigenvalue weighted by atomic mass is 28.4. The standard InChI is InChI=1S/C23H38N2O7Si/c1-14(2)33(15(3)4,16(5)6)32-22-12-20(25(29)30)19(11-21(22)31-7)23(28)24-9-8-18(27)10-17(24)13-26/h11-12,14-18,26-27H,8-10,13H2,1-7H3/t17-,18+/m0/s1. The van der Waals surface area contributed by atoms with Crippen LogP contribution >= 0.6 is 0 Å². The van der Waals surface area contributed by atoms with E-state index in [1.54, 1.807) is 0 Å². The first-order chi connectivity index (χ1) is 15.4. The number of likely N-dealkylation sites (tertiary alicyclic amines) is 1. The fourth-order valence-corrected chi connectivity index (χ4v) is 10.5. The third-order valence-corrected chi connectivity index (χ3v) is 12.9. The highest BCUT2D eigenvalue weighted by molar-refractivity contribution is 6.78. The second kappa shape index (κ2) is 10.8. The van der Waals surface area contributed by atoms with Gasteiger partial charge in [-0.05, 0) is 29.5 Å². The lowest BCUT2D eigenvalue weighted by molar-refractivity contribution is -0.385. The van der Waals surface area contributed by atoms with Crippen molar-refractivity contribution in [1.82, 2.24) is 4.90 Å². The van der Waals surface area contributed by atoms with Gasteiger partial charge in [0.25, 0.3) is 19.9 Å². The van der Waals surface area contributed by atoms with E-state index in [1.807, 2.05) is 0 Å². The molecule has 2 rings (SSSR count). The molecule has 10 heteroatoms. The topological polar surface area (TPSA) is 122 Å². The van der Waals surface area contributed by atoms with E-state index >= 15 is 0 Å². The second-order valence-corrected chi connectivity index (χ2v) is 15.1. The van der Waals surface area contributed by atoms with Crippen LogP contribution in [0.3, 0.4) is 0 Å². The zero-order valence-corrected chi connectivity index (χ0v) is 21.7. The van der Waals surface area contributed by atoms with Gasteiger partial charge < -0.3 is 24.3 Å². The minimum atomic E-state index is -2.43. The number of nitrogens with zero attached hydrogens (tertiary/aromatic N) is 2. The summed E-state index contributed by atoms with van der Waals surface area (Å²) in [6.07, 6.45) is -0.0491. The Balaban J connectivity index is 2.59. The maximum atomic E-state index is 13.3. The molecule has 1 saturated heterocycles. The Labute approximate surface area is 197 Å². The summed E-state index contributed by atoms with van der Waals surface area (Å²) in [5.74, 6) is -0.0331. The highest BCUT2D eigenvalue weighted by Crippen LogP contribution is 2.46. The Kier molecular flexibility index (Phi) is 8.89. The Morgan fingerprint density at radius 3 is 2.21 bits per heavy atom. The first-order valence-electron chi connectivity index (χ1n) is 11.6. The Morgan fingerprint density at radius 1 is 1.18 bits per heavy atom. The van der Waals surface area contributed by atoms with Crippen molar-refractivity contribution in [3.63, 3.8) is 0 Å². The minimum Gasteiger partial charge on any atom is -0.540 e. The third kappa shape index (κ3) is 5.33. The van der Waals surface area contributed by atoms with Crippen LogP contribution < -0.4 is 9.16 Å². The largest absolute Gasteiger partial charge is 0.540 e. The first kappa shape index (κ1) is 27.1.